The smallest absolute Gasteiger partial charge is 0.240 e. The minimum Gasteiger partial charge on any atom is -0.301 e. The van der Waals surface area contributed by atoms with Crippen molar-refractivity contribution >= 4 is 32.6 Å². The molecule has 118 valence electrons. The number of aromatic nitrogens is 1. The molecule has 1 N–H and O–H groups in total. The van der Waals surface area contributed by atoms with Gasteiger partial charge in [-0.15, -0.1) is 0 Å². The number of thiazole rings is 1. The molecule has 4 nitrogen and oxygen atoms in total. The number of hydrogen-bond acceptors (Lipinski definition) is 4. The van der Waals surface area contributed by atoms with Crippen LogP contribution in [0.1, 0.15) is 18.5 Å². The van der Waals surface area contributed by atoms with Gasteiger partial charge in [0, 0.05) is 6.04 Å². The van der Waals surface area contributed by atoms with E-state index in [2.05, 4.69) is 29.4 Å². The molecule has 0 fully saturated rings. The van der Waals surface area contributed by atoms with E-state index >= 15 is 0 Å². The standard InChI is InChI=1S/C18H19N3OS/c1-13(14-8-4-3-5-9-14)21(2)12-17(22)20-18-19-15-10-6-7-11-16(15)23-18/h3-11,13H,12H2,1-2H3,(H,19,20,22). The predicted molar refractivity (Wildman–Crippen MR) is 95.7 cm³/mol. The van der Waals surface area contributed by atoms with Gasteiger partial charge in [0.25, 0.3) is 0 Å². The summed E-state index contributed by atoms with van der Waals surface area (Å²) < 4.78 is 1.08. The number of para-hydroxylation sites is 1. The number of amides is 1. The van der Waals surface area contributed by atoms with E-state index in [-0.39, 0.29) is 11.9 Å². The van der Waals surface area contributed by atoms with Crippen LogP contribution in [0.15, 0.2) is 54.6 Å². The second kappa shape index (κ2) is 6.89. The summed E-state index contributed by atoms with van der Waals surface area (Å²) in [4.78, 5) is 18.7. The molecule has 0 radical (unpaired) electrons. The molecule has 1 atom stereocenters. The van der Waals surface area contributed by atoms with Crippen molar-refractivity contribution in [1.29, 1.82) is 0 Å². The van der Waals surface area contributed by atoms with Gasteiger partial charge in [-0.25, -0.2) is 4.98 Å². The number of nitrogens with one attached hydrogen (secondary N) is 1. The summed E-state index contributed by atoms with van der Waals surface area (Å²) in [6.45, 7) is 2.42. The zero-order valence-electron chi connectivity index (χ0n) is 13.2. The van der Waals surface area contributed by atoms with Gasteiger partial charge in [-0.3, -0.25) is 9.69 Å². The van der Waals surface area contributed by atoms with Gasteiger partial charge in [0.05, 0.1) is 16.8 Å². The Morgan fingerprint density at radius 1 is 1.17 bits per heavy atom. The normalized spacial score (nSPS) is 12.5. The van der Waals surface area contributed by atoms with E-state index in [1.54, 1.807) is 0 Å². The van der Waals surface area contributed by atoms with Crippen LogP contribution in [-0.4, -0.2) is 29.4 Å². The number of carbonyl (C=O) groups excluding carboxylic acids is 1. The van der Waals surface area contributed by atoms with Crippen LogP contribution in [0, 0.1) is 0 Å². The number of carbonyl (C=O) groups is 1. The van der Waals surface area contributed by atoms with E-state index in [0.29, 0.717) is 11.7 Å². The number of nitrogens with zero attached hydrogens (tertiary/aromatic N) is 2. The van der Waals surface area contributed by atoms with Gasteiger partial charge >= 0.3 is 0 Å². The predicted octanol–water partition coefficient (Wildman–Crippen LogP) is 3.93. The molecule has 0 aliphatic rings. The number of fused-ring (bicyclic) bond motifs is 1. The van der Waals surface area contributed by atoms with Crippen molar-refractivity contribution in [1.82, 2.24) is 9.88 Å². The molecule has 1 unspecified atom stereocenters. The summed E-state index contributed by atoms with van der Waals surface area (Å²) in [5.41, 5.74) is 2.11. The maximum absolute atomic E-state index is 12.2. The number of rotatable bonds is 5. The fourth-order valence-corrected chi connectivity index (χ4v) is 3.32. The molecule has 0 aliphatic heterocycles. The Morgan fingerprint density at radius 2 is 1.87 bits per heavy atom. The molecule has 0 spiro atoms. The first-order valence-corrected chi connectivity index (χ1v) is 8.36. The molecule has 0 aliphatic carbocycles. The Labute approximate surface area is 139 Å². The molecule has 2 aromatic carbocycles. The molecule has 3 aromatic rings. The van der Waals surface area contributed by atoms with E-state index in [0.717, 1.165) is 10.2 Å². The Morgan fingerprint density at radius 3 is 2.61 bits per heavy atom. The van der Waals surface area contributed by atoms with Crippen LogP contribution in [0.5, 0.6) is 0 Å². The lowest BCUT2D eigenvalue weighted by atomic mass is 10.1. The summed E-state index contributed by atoms with van der Waals surface area (Å²) in [5.74, 6) is -0.0469. The highest BCUT2D eigenvalue weighted by atomic mass is 32.1. The average Bonchev–Trinajstić information content (AvgIpc) is 2.96. The Balaban J connectivity index is 1.62. The van der Waals surface area contributed by atoms with Gasteiger partial charge in [-0.2, -0.15) is 0 Å². The fourth-order valence-electron chi connectivity index (χ4n) is 2.43. The molecule has 1 aromatic heterocycles. The van der Waals surface area contributed by atoms with Gasteiger partial charge in [0.15, 0.2) is 5.13 Å². The highest BCUT2D eigenvalue weighted by Crippen LogP contribution is 2.25. The zero-order valence-corrected chi connectivity index (χ0v) is 14.0. The lowest BCUT2D eigenvalue weighted by molar-refractivity contribution is -0.117. The zero-order chi connectivity index (χ0) is 16.2. The second-order valence-corrected chi connectivity index (χ2v) is 6.57. The summed E-state index contributed by atoms with van der Waals surface area (Å²) >= 11 is 1.50. The van der Waals surface area contributed by atoms with Gasteiger partial charge < -0.3 is 5.32 Å². The Bertz CT molecular complexity index is 767. The van der Waals surface area contributed by atoms with E-state index < -0.39 is 0 Å². The van der Waals surface area contributed by atoms with Crippen LogP contribution >= 0.6 is 11.3 Å². The largest absolute Gasteiger partial charge is 0.301 e. The number of anilines is 1. The molecule has 3 rings (SSSR count). The first kappa shape index (κ1) is 15.6. The lowest BCUT2D eigenvalue weighted by Crippen LogP contribution is -2.32. The van der Waals surface area contributed by atoms with Crippen LogP contribution in [0.2, 0.25) is 0 Å². The quantitative estimate of drug-likeness (QED) is 0.773. The van der Waals surface area contributed by atoms with Crippen molar-refractivity contribution in [2.24, 2.45) is 0 Å². The monoisotopic (exact) mass is 325 g/mol. The number of hydrogen-bond donors (Lipinski definition) is 1. The summed E-state index contributed by atoms with van der Waals surface area (Å²) in [6, 6.07) is 18.2. The summed E-state index contributed by atoms with van der Waals surface area (Å²) in [7, 11) is 1.95. The number of likely N-dealkylation sites (N-methyl/N-ethyl adjacent to an activating group) is 1. The van der Waals surface area contributed by atoms with Crippen molar-refractivity contribution in [2.75, 3.05) is 18.9 Å². The molecule has 0 bridgehead atoms. The molecule has 23 heavy (non-hydrogen) atoms. The maximum Gasteiger partial charge on any atom is 0.240 e. The first-order chi connectivity index (χ1) is 11.1. The minimum atomic E-state index is -0.0469. The van der Waals surface area contributed by atoms with Crippen LogP contribution in [0.4, 0.5) is 5.13 Å². The van der Waals surface area contributed by atoms with Crippen molar-refractivity contribution in [3.63, 3.8) is 0 Å². The van der Waals surface area contributed by atoms with E-state index in [4.69, 9.17) is 0 Å². The highest BCUT2D eigenvalue weighted by molar-refractivity contribution is 7.22. The topological polar surface area (TPSA) is 45.2 Å². The Hall–Kier alpha value is -2.24. The second-order valence-electron chi connectivity index (χ2n) is 5.54. The van der Waals surface area contributed by atoms with Crippen LogP contribution in [-0.2, 0) is 4.79 Å². The van der Waals surface area contributed by atoms with Gasteiger partial charge in [0.2, 0.25) is 5.91 Å². The summed E-state index contributed by atoms with van der Waals surface area (Å²) in [5, 5.41) is 3.55. The van der Waals surface area contributed by atoms with Gasteiger partial charge in [0.1, 0.15) is 0 Å². The molecule has 5 heteroatoms. The molecular weight excluding hydrogens is 306 g/mol. The van der Waals surface area contributed by atoms with Crippen molar-refractivity contribution in [2.45, 2.75) is 13.0 Å². The van der Waals surface area contributed by atoms with Crippen LogP contribution in [0.3, 0.4) is 0 Å². The minimum absolute atomic E-state index is 0.0469. The van der Waals surface area contributed by atoms with E-state index in [1.165, 1.54) is 16.9 Å². The maximum atomic E-state index is 12.2. The van der Waals surface area contributed by atoms with Crippen LogP contribution in [0.25, 0.3) is 10.2 Å². The summed E-state index contributed by atoms with van der Waals surface area (Å²) in [6.07, 6.45) is 0. The molecule has 1 amide bonds. The third kappa shape index (κ3) is 3.75. The molecule has 0 saturated heterocycles. The van der Waals surface area contributed by atoms with E-state index in [1.807, 2.05) is 54.4 Å². The third-order valence-corrected chi connectivity index (χ3v) is 4.83. The molecular formula is C18H19N3OS. The molecule has 0 saturated carbocycles. The highest BCUT2D eigenvalue weighted by Gasteiger charge is 2.15. The average molecular weight is 325 g/mol. The van der Waals surface area contributed by atoms with E-state index in [9.17, 15) is 4.79 Å². The van der Waals surface area contributed by atoms with Crippen molar-refractivity contribution in [3.8, 4) is 0 Å². The van der Waals surface area contributed by atoms with Crippen molar-refractivity contribution < 1.29 is 4.79 Å². The third-order valence-electron chi connectivity index (χ3n) is 3.88. The SMILES string of the molecule is CC(c1ccccc1)N(C)CC(=O)Nc1nc2ccccc2s1. The number of benzene rings is 2. The first-order valence-electron chi connectivity index (χ1n) is 7.54. The van der Waals surface area contributed by atoms with Gasteiger partial charge in [-0.05, 0) is 31.7 Å². The van der Waals surface area contributed by atoms with Crippen molar-refractivity contribution in [3.05, 3.63) is 60.2 Å². The lowest BCUT2D eigenvalue weighted by Gasteiger charge is -2.24. The Kier molecular flexibility index (Phi) is 4.69. The molecule has 1 heterocycles. The fraction of sp³-hybridized carbons (Fsp3) is 0.222. The van der Waals surface area contributed by atoms with Crippen LogP contribution < -0.4 is 5.32 Å². The van der Waals surface area contributed by atoms with Gasteiger partial charge in [-0.1, -0.05) is 53.8 Å².